The van der Waals surface area contributed by atoms with Crippen LogP contribution in [0.15, 0.2) is 30.0 Å². The normalized spacial score (nSPS) is 19.8. The fourth-order valence-corrected chi connectivity index (χ4v) is 6.49. The van der Waals surface area contributed by atoms with E-state index < -0.39 is 5.54 Å². The van der Waals surface area contributed by atoms with Gasteiger partial charge >= 0.3 is 0 Å². The molecule has 1 aromatic carbocycles. The largest absolute Gasteiger partial charge is 0.509 e. The summed E-state index contributed by atoms with van der Waals surface area (Å²) in [7, 11) is 3.24. The summed E-state index contributed by atoms with van der Waals surface area (Å²) in [5.74, 6) is 0.356. The number of benzene rings is 1. The Balaban J connectivity index is 0.000000321. The fourth-order valence-electron chi connectivity index (χ4n) is 6.26. The minimum Gasteiger partial charge on any atom is -0.509 e. The molecule has 0 radical (unpaired) electrons. The number of aliphatic hydroxyl groups is 1. The number of nitrogens with one attached hydrogen (secondary N) is 1. The molecule has 0 aromatic heterocycles. The van der Waals surface area contributed by atoms with Gasteiger partial charge < -0.3 is 24.7 Å². The molecule has 6 nitrogen and oxygen atoms in total. The van der Waals surface area contributed by atoms with E-state index in [0.717, 1.165) is 37.5 Å². The number of hydrogen-bond donors (Lipinski definition) is 2. The third kappa shape index (κ3) is 11.9. The molecule has 0 saturated heterocycles. The summed E-state index contributed by atoms with van der Waals surface area (Å²) in [6.07, 6.45) is 27.4. The van der Waals surface area contributed by atoms with Crippen LogP contribution in [0.3, 0.4) is 0 Å². The zero-order chi connectivity index (χ0) is 32.2. The van der Waals surface area contributed by atoms with Gasteiger partial charge in [-0.1, -0.05) is 89.0 Å². The molecule has 1 spiro atoms. The zero-order valence-electron chi connectivity index (χ0n) is 27.9. The molecule has 2 N–H and O–H groups in total. The Morgan fingerprint density at radius 2 is 1.48 bits per heavy atom. The average Bonchev–Trinajstić information content (AvgIpc) is 3.27. The van der Waals surface area contributed by atoms with Crippen molar-refractivity contribution in [2.45, 2.75) is 147 Å². The summed E-state index contributed by atoms with van der Waals surface area (Å²) >= 11 is 6.16. The molecule has 44 heavy (non-hydrogen) atoms. The Hall–Kier alpha value is -2.31. The standard InChI is InChI=1S/C19H24ClNO4.C18H34O/c1-4-11-9-12(20)10-14(25-3)15(11)16-17(22)19(21-18(16)23)7-5-13(24-2)6-8-19;1-2-3-4-5-6-7-8-9-10-11-12-13-14-15-16-17-18-19/h9-10,13,22H,4-8H2,1-3H3,(H,21,23);9-10,18H,2-8,11-17H2,1H3/b;10-9+. The number of hydrogen-bond acceptors (Lipinski definition) is 5. The molecule has 1 aliphatic heterocycles. The molecule has 1 amide bonds. The van der Waals surface area contributed by atoms with E-state index in [0.29, 0.717) is 41.2 Å². The van der Waals surface area contributed by atoms with Crippen molar-refractivity contribution in [3.8, 4) is 5.75 Å². The van der Waals surface area contributed by atoms with Crippen molar-refractivity contribution in [3.05, 3.63) is 46.2 Å². The zero-order valence-corrected chi connectivity index (χ0v) is 28.6. The van der Waals surface area contributed by atoms with Gasteiger partial charge in [0.1, 0.15) is 17.8 Å². The van der Waals surface area contributed by atoms with E-state index in [1.807, 2.05) is 13.0 Å². The van der Waals surface area contributed by atoms with E-state index in [9.17, 15) is 14.7 Å². The van der Waals surface area contributed by atoms with Crippen LogP contribution in [0.4, 0.5) is 0 Å². The van der Waals surface area contributed by atoms with Crippen molar-refractivity contribution in [2.24, 2.45) is 0 Å². The molecule has 1 fully saturated rings. The van der Waals surface area contributed by atoms with Gasteiger partial charge in [-0.25, -0.2) is 0 Å². The van der Waals surface area contributed by atoms with E-state index in [2.05, 4.69) is 24.4 Å². The van der Waals surface area contributed by atoms with E-state index >= 15 is 0 Å². The summed E-state index contributed by atoms with van der Waals surface area (Å²) in [6, 6.07) is 3.50. The Labute approximate surface area is 272 Å². The second-order valence-corrected chi connectivity index (χ2v) is 12.7. The van der Waals surface area contributed by atoms with Crippen molar-refractivity contribution < 1.29 is 24.2 Å². The highest BCUT2D eigenvalue weighted by molar-refractivity contribution is 6.31. The molecule has 1 saturated carbocycles. The van der Waals surface area contributed by atoms with Gasteiger partial charge in [0.15, 0.2) is 0 Å². The number of carbonyl (C=O) groups is 2. The highest BCUT2D eigenvalue weighted by Gasteiger charge is 2.48. The summed E-state index contributed by atoms with van der Waals surface area (Å²) in [6.45, 7) is 4.25. The summed E-state index contributed by atoms with van der Waals surface area (Å²) in [5, 5.41) is 14.6. The predicted octanol–water partition coefficient (Wildman–Crippen LogP) is 9.86. The lowest BCUT2D eigenvalue weighted by Gasteiger charge is -2.36. The molecular formula is C37H58ClNO5. The molecule has 7 heteroatoms. The average molecular weight is 632 g/mol. The number of aliphatic hydroxyl groups excluding tert-OH is 1. The lowest BCUT2D eigenvalue weighted by molar-refractivity contribution is -0.116. The number of unbranched alkanes of at least 4 members (excludes halogenated alkanes) is 12. The SMILES string of the molecule is CCCCCCCC/C=C/CCCCCCCC=O.CCc1cc(Cl)cc(OC)c1C1=C(O)C2(CCC(OC)CC2)NC1=O. The van der Waals surface area contributed by atoms with E-state index in [4.69, 9.17) is 21.1 Å². The monoisotopic (exact) mass is 631 g/mol. The smallest absolute Gasteiger partial charge is 0.256 e. The third-order valence-electron chi connectivity index (χ3n) is 8.97. The van der Waals surface area contributed by atoms with Crippen LogP contribution in [0.2, 0.25) is 5.02 Å². The van der Waals surface area contributed by atoms with Crippen molar-refractivity contribution in [1.82, 2.24) is 5.32 Å². The number of halogens is 1. The fraction of sp³-hybridized carbons (Fsp3) is 0.676. The number of rotatable bonds is 19. The van der Waals surface area contributed by atoms with Crippen LogP contribution in [-0.2, 0) is 20.7 Å². The maximum Gasteiger partial charge on any atom is 0.256 e. The maximum absolute atomic E-state index is 12.8. The number of ether oxygens (including phenoxy) is 2. The maximum atomic E-state index is 12.8. The molecule has 1 heterocycles. The number of aldehydes is 1. The Morgan fingerprint density at radius 3 is 2.00 bits per heavy atom. The minimum atomic E-state index is -0.697. The molecule has 0 bridgehead atoms. The van der Waals surface area contributed by atoms with Gasteiger partial charge in [0, 0.05) is 24.1 Å². The van der Waals surface area contributed by atoms with Crippen molar-refractivity contribution in [1.29, 1.82) is 0 Å². The van der Waals surface area contributed by atoms with Crippen LogP contribution in [-0.4, -0.2) is 43.2 Å². The minimum absolute atomic E-state index is 0.113. The van der Waals surface area contributed by atoms with Gasteiger partial charge in [0.25, 0.3) is 5.91 Å². The highest BCUT2D eigenvalue weighted by atomic mass is 35.5. The van der Waals surface area contributed by atoms with Crippen LogP contribution < -0.4 is 10.1 Å². The Morgan fingerprint density at radius 1 is 0.909 bits per heavy atom. The molecule has 1 aromatic rings. The van der Waals surface area contributed by atoms with Gasteiger partial charge in [-0.3, -0.25) is 4.79 Å². The summed E-state index contributed by atoms with van der Waals surface area (Å²) in [5.41, 5.74) is 1.12. The number of methoxy groups -OCH3 is 2. The topological polar surface area (TPSA) is 84.9 Å². The number of amides is 1. The Bertz CT molecular complexity index is 1030. The second-order valence-electron chi connectivity index (χ2n) is 12.2. The quantitative estimate of drug-likeness (QED) is 0.0901. The third-order valence-corrected chi connectivity index (χ3v) is 9.19. The van der Waals surface area contributed by atoms with Gasteiger partial charge in [0.2, 0.25) is 0 Å². The van der Waals surface area contributed by atoms with Gasteiger partial charge in [-0.05, 0) is 81.9 Å². The molecule has 3 rings (SSSR count). The first-order valence-corrected chi connectivity index (χ1v) is 17.5. The first-order valence-electron chi connectivity index (χ1n) is 17.1. The summed E-state index contributed by atoms with van der Waals surface area (Å²) in [4.78, 5) is 22.9. The molecule has 248 valence electrons. The first kappa shape index (κ1) is 37.9. The molecule has 1 aliphatic carbocycles. The molecule has 2 aliphatic rings. The number of aryl methyl sites for hydroxylation is 1. The lowest BCUT2D eigenvalue weighted by atomic mass is 9.79. The number of allylic oxidation sites excluding steroid dienone is 2. The highest BCUT2D eigenvalue weighted by Crippen LogP contribution is 2.45. The first-order chi connectivity index (χ1) is 21.4. The van der Waals surface area contributed by atoms with Crippen LogP contribution >= 0.6 is 11.6 Å². The van der Waals surface area contributed by atoms with Crippen LogP contribution in [0.25, 0.3) is 5.57 Å². The molecular weight excluding hydrogens is 574 g/mol. The summed E-state index contributed by atoms with van der Waals surface area (Å²) < 4.78 is 10.9. The van der Waals surface area contributed by atoms with Crippen molar-refractivity contribution >= 4 is 29.4 Å². The van der Waals surface area contributed by atoms with Crippen LogP contribution in [0, 0.1) is 0 Å². The Kier molecular flexibility index (Phi) is 18.4. The van der Waals surface area contributed by atoms with Crippen LogP contribution in [0.1, 0.15) is 141 Å². The van der Waals surface area contributed by atoms with E-state index in [-0.39, 0.29) is 17.8 Å². The predicted molar refractivity (Wildman–Crippen MR) is 183 cm³/mol. The van der Waals surface area contributed by atoms with Gasteiger partial charge in [-0.15, -0.1) is 0 Å². The number of carbonyl (C=O) groups excluding carboxylic acids is 2. The second kappa shape index (κ2) is 21.4. The van der Waals surface area contributed by atoms with Crippen molar-refractivity contribution in [2.75, 3.05) is 14.2 Å². The molecule has 0 atom stereocenters. The van der Waals surface area contributed by atoms with Gasteiger partial charge in [-0.2, -0.15) is 0 Å². The van der Waals surface area contributed by atoms with Crippen LogP contribution in [0.5, 0.6) is 5.75 Å². The van der Waals surface area contributed by atoms with Gasteiger partial charge in [0.05, 0.1) is 24.3 Å². The van der Waals surface area contributed by atoms with Crippen molar-refractivity contribution in [3.63, 3.8) is 0 Å². The lowest BCUT2D eigenvalue weighted by Crippen LogP contribution is -2.48. The molecule has 0 unspecified atom stereocenters. The van der Waals surface area contributed by atoms with E-state index in [1.165, 1.54) is 77.0 Å². The van der Waals surface area contributed by atoms with E-state index in [1.54, 1.807) is 20.3 Å².